The zero-order valence-electron chi connectivity index (χ0n) is 24.9. The Hall–Kier alpha value is -2.93. The van der Waals surface area contributed by atoms with Crippen LogP contribution in [-0.4, -0.2) is 73.0 Å². The van der Waals surface area contributed by atoms with Crippen LogP contribution in [0.4, 0.5) is 0 Å². The van der Waals surface area contributed by atoms with Gasteiger partial charge in [0.05, 0.1) is 6.04 Å². The summed E-state index contributed by atoms with van der Waals surface area (Å²) in [6, 6.07) is 21.7. The molecule has 5 rings (SSSR count). The molecule has 2 N–H and O–H groups in total. The number of likely N-dealkylation sites (tertiary alicyclic amines) is 1. The van der Waals surface area contributed by atoms with Crippen molar-refractivity contribution in [2.24, 2.45) is 0 Å². The van der Waals surface area contributed by atoms with Gasteiger partial charge in [-0.1, -0.05) is 67.4 Å². The van der Waals surface area contributed by atoms with Gasteiger partial charge in [-0.25, -0.2) is 0 Å². The van der Waals surface area contributed by atoms with Crippen LogP contribution in [0.15, 0.2) is 66.7 Å². The Balaban J connectivity index is 1.24. The summed E-state index contributed by atoms with van der Waals surface area (Å²) in [6.07, 6.45) is 7.47. The maximum atomic E-state index is 13.9. The number of carbonyl (C=O) groups is 2. The van der Waals surface area contributed by atoms with E-state index < -0.39 is 0 Å². The molecule has 0 radical (unpaired) electrons. The molecule has 0 spiro atoms. The fraction of sp³-hybridized carbons (Fsp3) is 0.486. The molecule has 2 aliphatic heterocycles. The first kappa shape index (κ1) is 30.5. The summed E-state index contributed by atoms with van der Waals surface area (Å²) < 4.78 is 0. The lowest BCUT2D eigenvalue weighted by molar-refractivity contribution is -0.133. The number of benzene rings is 3. The van der Waals surface area contributed by atoms with E-state index >= 15 is 0 Å². The number of hydrogen-bond donors (Lipinski definition) is 2. The predicted octanol–water partition coefficient (Wildman–Crippen LogP) is 6.24. The molecule has 2 saturated heterocycles. The van der Waals surface area contributed by atoms with Gasteiger partial charge in [0.1, 0.15) is 0 Å². The van der Waals surface area contributed by atoms with Gasteiger partial charge in [-0.15, -0.1) is 0 Å². The van der Waals surface area contributed by atoms with E-state index in [1.54, 1.807) is 0 Å². The van der Waals surface area contributed by atoms with Crippen molar-refractivity contribution in [1.29, 1.82) is 0 Å². The van der Waals surface area contributed by atoms with Crippen molar-refractivity contribution in [3.63, 3.8) is 0 Å². The van der Waals surface area contributed by atoms with Gasteiger partial charge in [0.15, 0.2) is 0 Å². The van der Waals surface area contributed by atoms with Crippen LogP contribution in [0.3, 0.4) is 0 Å². The van der Waals surface area contributed by atoms with Crippen LogP contribution in [0.5, 0.6) is 0 Å². The highest BCUT2D eigenvalue weighted by molar-refractivity contribution is 6.31. The minimum Gasteiger partial charge on any atom is -0.350 e. The molecule has 42 heavy (non-hydrogen) atoms. The molecule has 2 amide bonds. The van der Waals surface area contributed by atoms with Gasteiger partial charge in [0, 0.05) is 42.2 Å². The highest BCUT2D eigenvalue weighted by Gasteiger charge is 2.32. The van der Waals surface area contributed by atoms with Crippen LogP contribution in [-0.2, 0) is 4.79 Å². The third-order valence-corrected chi connectivity index (χ3v) is 9.22. The van der Waals surface area contributed by atoms with E-state index in [1.165, 1.54) is 37.9 Å². The summed E-state index contributed by atoms with van der Waals surface area (Å²) in [5.74, 6) is 0.408. The molecule has 7 heteroatoms. The molecular weight excluding hydrogens is 544 g/mol. The zero-order chi connectivity index (χ0) is 29.3. The normalized spacial score (nSPS) is 20.8. The fourth-order valence-electron chi connectivity index (χ4n) is 6.47. The minimum atomic E-state index is -0.238. The molecule has 0 aromatic heterocycles. The molecule has 2 fully saturated rings. The third kappa shape index (κ3) is 8.12. The number of amides is 2. The number of rotatable bonds is 11. The lowest BCUT2D eigenvalue weighted by Gasteiger charge is -2.30. The van der Waals surface area contributed by atoms with Gasteiger partial charge in [-0.05, 0) is 98.8 Å². The largest absolute Gasteiger partial charge is 0.350 e. The average Bonchev–Trinajstić information content (AvgIpc) is 3.17. The summed E-state index contributed by atoms with van der Waals surface area (Å²) in [7, 11) is 0. The second-order valence-corrected chi connectivity index (χ2v) is 12.4. The molecule has 0 aliphatic carbocycles. The fourth-order valence-corrected chi connectivity index (χ4v) is 6.65. The first-order valence-corrected chi connectivity index (χ1v) is 16.2. The molecule has 6 nitrogen and oxygen atoms in total. The van der Waals surface area contributed by atoms with E-state index in [1.807, 2.05) is 42.5 Å². The Morgan fingerprint density at radius 1 is 1.00 bits per heavy atom. The highest BCUT2D eigenvalue weighted by atomic mass is 35.5. The van der Waals surface area contributed by atoms with Crippen molar-refractivity contribution in [3.8, 4) is 0 Å². The summed E-state index contributed by atoms with van der Waals surface area (Å²) in [6.45, 7) is 7.49. The molecule has 3 aromatic rings. The molecule has 3 atom stereocenters. The van der Waals surface area contributed by atoms with E-state index in [4.69, 9.17) is 11.6 Å². The van der Waals surface area contributed by atoms with E-state index in [2.05, 4.69) is 51.6 Å². The monoisotopic (exact) mass is 588 g/mol. The third-order valence-electron chi connectivity index (χ3n) is 8.99. The molecule has 3 aromatic carbocycles. The number of piperidine rings is 1. The number of halogens is 1. The van der Waals surface area contributed by atoms with Gasteiger partial charge in [0.25, 0.3) is 5.91 Å². The lowest BCUT2D eigenvalue weighted by Crippen LogP contribution is -2.49. The first-order valence-electron chi connectivity index (χ1n) is 15.8. The van der Waals surface area contributed by atoms with Gasteiger partial charge in [-0.2, -0.15) is 0 Å². The maximum absolute atomic E-state index is 13.9. The van der Waals surface area contributed by atoms with Crippen LogP contribution < -0.4 is 10.6 Å². The van der Waals surface area contributed by atoms with Crippen molar-refractivity contribution < 1.29 is 9.59 Å². The predicted molar refractivity (Wildman–Crippen MR) is 172 cm³/mol. The standard InChI is InChI=1S/C35H45ClN4O2/c1-2-26(27-10-5-3-6-11-27)25-40-21-17-32(38-33(35(40)42)12-9-20-39-18-7-4-8-19-39)24-37-34(41)30-14-13-29-23-31(36)16-15-28(29)22-30/h3,5-6,10-11,13-16,22-23,26,32-33,38H,2,4,7-9,12,17-21,24-25H2,1H3,(H,37,41)/t26-,32?,33?/m1/s1. The van der Waals surface area contributed by atoms with Gasteiger partial charge < -0.3 is 20.4 Å². The Bertz CT molecular complexity index is 1330. The number of nitrogens with one attached hydrogen (secondary N) is 2. The van der Waals surface area contributed by atoms with Crippen LogP contribution in [0.1, 0.15) is 73.7 Å². The van der Waals surface area contributed by atoms with Crippen LogP contribution in [0, 0.1) is 0 Å². The molecule has 0 saturated carbocycles. The van der Waals surface area contributed by atoms with Crippen LogP contribution in [0.25, 0.3) is 10.8 Å². The second-order valence-electron chi connectivity index (χ2n) is 12.0. The first-order chi connectivity index (χ1) is 20.5. The molecule has 0 bridgehead atoms. The van der Waals surface area contributed by atoms with Crippen molar-refractivity contribution >= 4 is 34.2 Å². The van der Waals surface area contributed by atoms with E-state index in [9.17, 15) is 9.59 Å². The van der Waals surface area contributed by atoms with Gasteiger partial charge in [-0.3, -0.25) is 9.59 Å². The smallest absolute Gasteiger partial charge is 0.251 e. The van der Waals surface area contributed by atoms with Gasteiger partial charge in [0.2, 0.25) is 5.91 Å². The van der Waals surface area contributed by atoms with Crippen LogP contribution >= 0.6 is 11.6 Å². The Kier molecular flexibility index (Phi) is 10.9. The summed E-state index contributed by atoms with van der Waals surface area (Å²) in [5, 5.41) is 9.49. The van der Waals surface area contributed by atoms with Crippen LogP contribution in [0.2, 0.25) is 5.02 Å². The number of nitrogens with zero attached hydrogens (tertiary/aromatic N) is 2. The SMILES string of the molecule is CC[C@H](CN1CCC(CNC(=O)c2ccc3cc(Cl)ccc3c2)NC(CCCN2CCCCC2)C1=O)c1ccccc1. The Labute approximate surface area is 255 Å². The minimum absolute atomic E-state index is 0.0268. The van der Waals surface area contributed by atoms with E-state index in [0.717, 1.165) is 49.5 Å². The molecule has 224 valence electrons. The zero-order valence-corrected chi connectivity index (χ0v) is 25.6. The van der Waals surface area contributed by atoms with Gasteiger partial charge >= 0.3 is 0 Å². The second kappa shape index (κ2) is 15.0. The van der Waals surface area contributed by atoms with Crippen molar-refractivity contribution in [2.75, 3.05) is 39.3 Å². The summed E-state index contributed by atoms with van der Waals surface area (Å²) in [5.41, 5.74) is 1.91. The number of fused-ring (bicyclic) bond motifs is 1. The maximum Gasteiger partial charge on any atom is 0.251 e. The topological polar surface area (TPSA) is 64.7 Å². The lowest BCUT2D eigenvalue weighted by atomic mass is 9.95. The Morgan fingerprint density at radius 3 is 2.55 bits per heavy atom. The number of hydrogen-bond acceptors (Lipinski definition) is 4. The molecule has 2 unspecified atom stereocenters. The van der Waals surface area contributed by atoms with E-state index in [-0.39, 0.29) is 23.9 Å². The molecule has 2 aliphatic rings. The Morgan fingerprint density at radius 2 is 1.76 bits per heavy atom. The highest BCUT2D eigenvalue weighted by Crippen LogP contribution is 2.24. The summed E-state index contributed by atoms with van der Waals surface area (Å²) in [4.78, 5) is 31.7. The average molecular weight is 589 g/mol. The van der Waals surface area contributed by atoms with Crippen molar-refractivity contribution in [3.05, 3.63) is 82.9 Å². The molecule has 2 heterocycles. The molecular formula is C35H45ClN4O2. The number of carbonyl (C=O) groups excluding carboxylic acids is 2. The van der Waals surface area contributed by atoms with Crippen molar-refractivity contribution in [1.82, 2.24) is 20.4 Å². The van der Waals surface area contributed by atoms with E-state index in [0.29, 0.717) is 29.6 Å². The summed E-state index contributed by atoms with van der Waals surface area (Å²) >= 11 is 6.12. The quantitative estimate of drug-likeness (QED) is 0.278. The van der Waals surface area contributed by atoms with Crippen molar-refractivity contribution in [2.45, 2.75) is 69.9 Å².